The zero-order chi connectivity index (χ0) is 16.4. The molecule has 2 aromatic carbocycles. The van der Waals surface area contributed by atoms with Crippen LogP contribution in [0.3, 0.4) is 0 Å². The largest absolute Gasteiger partial charge is 0.338 e. The van der Waals surface area contributed by atoms with Crippen molar-refractivity contribution in [1.29, 1.82) is 0 Å². The number of hydrogen-bond acceptors (Lipinski definition) is 3. The van der Waals surface area contributed by atoms with Crippen LogP contribution in [-0.2, 0) is 0 Å². The highest BCUT2D eigenvalue weighted by molar-refractivity contribution is 6.30. The zero-order valence-corrected chi connectivity index (χ0v) is 12.3. The smallest absolute Gasteiger partial charge is 0.258 e. The molecule has 3 rings (SSSR count). The fraction of sp³-hybridized carbons (Fsp3) is 0. The van der Waals surface area contributed by atoms with Gasteiger partial charge in [0.2, 0.25) is 5.88 Å². The van der Waals surface area contributed by atoms with Crippen molar-refractivity contribution in [1.82, 2.24) is 5.16 Å². The van der Waals surface area contributed by atoms with Crippen molar-refractivity contribution in [3.05, 3.63) is 70.8 Å². The summed E-state index contributed by atoms with van der Waals surface area (Å²) in [6.07, 6.45) is 0. The van der Waals surface area contributed by atoms with Gasteiger partial charge in [0, 0.05) is 22.2 Å². The van der Waals surface area contributed by atoms with Gasteiger partial charge in [-0.05, 0) is 30.3 Å². The maximum Gasteiger partial charge on any atom is 0.258 e. The number of hydrogen-bond donors (Lipinski definition) is 1. The number of amides is 1. The highest BCUT2D eigenvalue weighted by Gasteiger charge is 2.13. The lowest BCUT2D eigenvalue weighted by Gasteiger charge is -2.01. The Bertz CT molecular complexity index is 863. The summed E-state index contributed by atoms with van der Waals surface area (Å²) in [5, 5.41) is 6.84. The van der Waals surface area contributed by atoms with Crippen LogP contribution in [0.25, 0.3) is 11.3 Å². The van der Waals surface area contributed by atoms with Crippen LogP contribution >= 0.6 is 11.6 Å². The number of anilines is 1. The van der Waals surface area contributed by atoms with Gasteiger partial charge in [0.15, 0.2) is 11.6 Å². The molecular formula is C16H9ClF2N2O2. The third-order valence-corrected chi connectivity index (χ3v) is 3.32. The third kappa shape index (κ3) is 3.37. The van der Waals surface area contributed by atoms with Gasteiger partial charge in [0.1, 0.15) is 5.69 Å². The molecule has 0 saturated heterocycles. The SMILES string of the molecule is O=C(Nc1cc(-c2ccc(Cl)cc2)no1)c1ccc(F)c(F)c1. The number of nitrogens with zero attached hydrogens (tertiary/aromatic N) is 1. The summed E-state index contributed by atoms with van der Waals surface area (Å²) >= 11 is 5.81. The highest BCUT2D eigenvalue weighted by Crippen LogP contribution is 2.23. The second-order valence-corrected chi connectivity index (χ2v) is 5.10. The Morgan fingerprint density at radius 1 is 1.04 bits per heavy atom. The number of halogens is 3. The van der Waals surface area contributed by atoms with Crippen LogP contribution in [0.2, 0.25) is 5.02 Å². The van der Waals surface area contributed by atoms with E-state index in [1.54, 1.807) is 24.3 Å². The van der Waals surface area contributed by atoms with Crippen LogP contribution < -0.4 is 5.32 Å². The van der Waals surface area contributed by atoms with E-state index >= 15 is 0 Å². The predicted octanol–water partition coefficient (Wildman–Crippen LogP) is 4.53. The average Bonchev–Trinajstić information content (AvgIpc) is 2.99. The molecule has 0 aliphatic rings. The lowest BCUT2D eigenvalue weighted by molar-refractivity contribution is 0.102. The van der Waals surface area contributed by atoms with Crippen molar-refractivity contribution >= 4 is 23.4 Å². The molecule has 0 saturated carbocycles. The molecule has 0 radical (unpaired) electrons. The first kappa shape index (κ1) is 15.2. The third-order valence-electron chi connectivity index (χ3n) is 3.07. The maximum atomic E-state index is 13.1. The van der Waals surface area contributed by atoms with Crippen molar-refractivity contribution in [2.24, 2.45) is 0 Å². The van der Waals surface area contributed by atoms with E-state index in [-0.39, 0.29) is 11.4 Å². The van der Waals surface area contributed by atoms with Gasteiger partial charge in [0.25, 0.3) is 5.91 Å². The van der Waals surface area contributed by atoms with E-state index in [0.29, 0.717) is 10.7 Å². The summed E-state index contributed by atoms with van der Waals surface area (Å²) in [5.74, 6) is -2.67. The van der Waals surface area contributed by atoms with E-state index < -0.39 is 17.5 Å². The second kappa shape index (κ2) is 6.18. The molecule has 23 heavy (non-hydrogen) atoms. The van der Waals surface area contributed by atoms with Crippen molar-refractivity contribution in [2.75, 3.05) is 5.32 Å². The molecule has 1 aromatic heterocycles. The van der Waals surface area contributed by atoms with Crippen LogP contribution in [0.5, 0.6) is 0 Å². The van der Waals surface area contributed by atoms with Gasteiger partial charge in [-0.3, -0.25) is 10.1 Å². The molecule has 0 aliphatic heterocycles. The minimum Gasteiger partial charge on any atom is -0.338 e. The normalized spacial score (nSPS) is 10.6. The summed E-state index contributed by atoms with van der Waals surface area (Å²) in [6.45, 7) is 0. The van der Waals surface area contributed by atoms with Gasteiger partial charge < -0.3 is 4.52 Å². The number of nitrogens with one attached hydrogen (secondary N) is 1. The molecule has 0 bridgehead atoms. The molecule has 0 unspecified atom stereocenters. The Kier molecular flexibility index (Phi) is 4.08. The highest BCUT2D eigenvalue weighted by atomic mass is 35.5. The molecule has 7 heteroatoms. The average molecular weight is 335 g/mol. The Morgan fingerprint density at radius 2 is 1.78 bits per heavy atom. The minimum absolute atomic E-state index is 0.0339. The first-order chi connectivity index (χ1) is 11.0. The van der Waals surface area contributed by atoms with Gasteiger partial charge in [-0.15, -0.1) is 0 Å². The zero-order valence-electron chi connectivity index (χ0n) is 11.5. The van der Waals surface area contributed by atoms with Crippen LogP contribution in [0, 0.1) is 11.6 Å². The Morgan fingerprint density at radius 3 is 2.48 bits per heavy atom. The topological polar surface area (TPSA) is 55.1 Å². The number of carbonyl (C=O) groups excluding carboxylic acids is 1. The van der Waals surface area contributed by atoms with E-state index in [0.717, 1.165) is 17.7 Å². The summed E-state index contributed by atoms with van der Waals surface area (Å²) in [7, 11) is 0. The fourth-order valence-electron chi connectivity index (χ4n) is 1.91. The van der Waals surface area contributed by atoms with E-state index in [1.165, 1.54) is 12.1 Å². The van der Waals surface area contributed by atoms with Crippen LogP contribution in [0.1, 0.15) is 10.4 Å². The Labute approximate surface area is 134 Å². The minimum atomic E-state index is -1.10. The van der Waals surface area contributed by atoms with Crippen LogP contribution in [0.15, 0.2) is 53.1 Å². The van der Waals surface area contributed by atoms with Gasteiger partial charge in [-0.1, -0.05) is 28.9 Å². The first-order valence-corrected chi connectivity index (χ1v) is 6.90. The predicted molar refractivity (Wildman–Crippen MR) is 81.3 cm³/mol. The fourth-order valence-corrected chi connectivity index (χ4v) is 2.04. The monoisotopic (exact) mass is 334 g/mol. The number of rotatable bonds is 3. The molecule has 4 nitrogen and oxygen atoms in total. The van der Waals surface area contributed by atoms with Gasteiger partial charge in [0.05, 0.1) is 0 Å². The Hall–Kier alpha value is -2.73. The maximum absolute atomic E-state index is 13.1. The van der Waals surface area contributed by atoms with E-state index in [2.05, 4.69) is 10.5 Å². The van der Waals surface area contributed by atoms with E-state index in [9.17, 15) is 13.6 Å². The quantitative estimate of drug-likeness (QED) is 0.766. The van der Waals surface area contributed by atoms with E-state index in [1.807, 2.05) is 0 Å². The molecule has 0 atom stereocenters. The first-order valence-electron chi connectivity index (χ1n) is 6.52. The van der Waals surface area contributed by atoms with Crippen molar-refractivity contribution in [2.45, 2.75) is 0 Å². The Balaban J connectivity index is 1.77. The van der Waals surface area contributed by atoms with Crippen LogP contribution in [0.4, 0.5) is 14.7 Å². The van der Waals surface area contributed by atoms with E-state index in [4.69, 9.17) is 16.1 Å². The summed E-state index contributed by atoms with van der Waals surface area (Å²) < 4.78 is 31.0. The summed E-state index contributed by atoms with van der Waals surface area (Å²) in [4.78, 5) is 12.0. The van der Waals surface area contributed by atoms with Crippen molar-refractivity contribution in [3.8, 4) is 11.3 Å². The number of aromatic nitrogens is 1. The van der Waals surface area contributed by atoms with Crippen molar-refractivity contribution in [3.63, 3.8) is 0 Å². The van der Waals surface area contributed by atoms with Crippen molar-refractivity contribution < 1.29 is 18.1 Å². The molecular weight excluding hydrogens is 326 g/mol. The van der Waals surface area contributed by atoms with Crippen LogP contribution in [-0.4, -0.2) is 11.1 Å². The molecule has 1 N–H and O–H groups in total. The molecule has 116 valence electrons. The second-order valence-electron chi connectivity index (χ2n) is 4.67. The molecule has 0 spiro atoms. The van der Waals surface area contributed by atoms with Gasteiger partial charge >= 0.3 is 0 Å². The number of carbonyl (C=O) groups is 1. The molecule has 0 aliphatic carbocycles. The molecule has 1 amide bonds. The summed E-state index contributed by atoms with van der Waals surface area (Å²) in [5.41, 5.74) is 1.22. The molecule has 3 aromatic rings. The van der Waals surface area contributed by atoms with Gasteiger partial charge in [-0.25, -0.2) is 8.78 Å². The molecule has 0 fully saturated rings. The summed E-state index contributed by atoms with van der Waals surface area (Å²) in [6, 6.07) is 11.3. The number of benzene rings is 2. The standard InChI is InChI=1S/C16H9ClF2N2O2/c17-11-4-1-9(2-5-11)14-8-15(23-21-14)20-16(22)10-3-6-12(18)13(19)7-10/h1-8H,(H,20,22). The van der Waals surface area contributed by atoms with Gasteiger partial charge in [-0.2, -0.15) is 0 Å². The molecule has 1 heterocycles. The lowest BCUT2D eigenvalue weighted by atomic mass is 10.1. The lowest BCUT2D eigenvalue weighted by Crippen LogP contribution is -2.11.